The second-order valence-electron chi connectivity index (χ2n) is 5.34. The summed E-state index contributed by atoms with van der Waals surface area (Å²) in [5.41, 5.74) is 1.31. The molecule has 1 N–H and O–H groups in total. The lowest BCUT2D eigenvalue weighted by atomic mass is 10.0. The SMILES string of the molecule is CCC(c1ccc(O)cc1)N1CCN(C)C(C)C1. The van der Waals surface area contributed by atoms with Crippen LogP contribution in [0.1, 0.15) is 31.9 Å². The molecule has 0 aliphatic carbocycles. The van der Waals surface area contributed by atoms with E-state index in [0.29, 0.717) is 17.8 Å². The Morgan fingerprint density at radius 2 is 1.94 bits per heavy atom. The maximum absolute atomic E-state index is 9.38. The molecule has 1 aliphatic rings. The van der Waals surface area contributed by atoms with E-state index in [1.807, 2.05) is 12.1 Å². The molecule has 2 unspecified atom stereocenters. The zero-order valence-corrected chi connectivity index (χ0v) is 11.6. The van der Waals surface area contributed by atoms with Gasteiger partial charge in [0.25, 0.3) is 0 Å². The molecule has 2 atom stereocenters. The molecule has 0 bridgehead atoms. The van der Waals surface area contributed by atoms with Crippen LogP contribution in [0, 0.1) is 0 Å². The van der Waals surface area contributed by atoms with Gasteiger partial charge in [0.15, 0.2) is 0 Å². The zero-order valence-electron chi connectivity index (χ0n) is 11.6. The van der Waals surface area contributed by atoms with Crippen LogP contribution in [-0.2, 0) is 0 Å². The van der Waals surface area contributed by atoms with Crippen molar-refractivity contribution < 1.29 is 5.11 Å². The fourth-order valence-electron chi connectivity index (χ4n) is 2.76. The molecule has 0 saturated carbocycles. The predicted octanol–water partition coefficient (Wildman–Crippen LogP) is 2.48. The molecule has 3 nitrogen and oxygen atoms in total. The van der Waals surface area contributed by atoms with E-state index < -0.39 is 0 Å². The van der Waals surface area contributed by atoms with E-state index in [9.17, 15) is 5.11 Å². The molecule has 0 amide bonds. The highest BCUT2D eigenvalue weighted by Gasteiger charge is 2.26. The van der Waals surface area contributed by atoms with Crippen molar-refractivity contribution in [3.63, 3.8) is 0 Å². The van der Waals surface area contributed by atoms with E-state index in [4.69, 9.17) is 0 Å². The highest BCUT2D eigenvalue weighted by Crippen LogP contribution is 2.27. The maximum Gasteiger partial charge on any atom is 0.115 e. The van der Waals surface area contributed by atoms with Crippen molar-refractivity contribution >= 4 is 0 Å². The fraction of sp³-hybridized carbons (Fsp3) is 0.600. The first-order valence-corrected chi connectivity index (χ1v) is 6.85. The van der Waals surface area contributed by atoms with Crippen LogP contribution in [0.2, 0.25) is 0 Å². The molecular formula is C15H24N2O. The van der Waals surface area contributed by atoms with Gasteiger partial charge in [-0.2, -0.15) is 0 Å². The highest BCUT2D eigenvalue weighted by atomic mass is 16.3. The van der Waals surface area contributed by atoms with E-state index in [2.05, 4.69) is 30.7 Å². The number of benzene rings is 1. The summed E-state index contributed by atoms with van der Waals surface area (Å²) in [5.74, 6) is 0.348. The lowest BCUT2D eigenvalue weighted by molar-refractivity contribution is 0.0699. The molecule has 2 rings (SSSR count). The molecule has 1 aromatic carbocycles. The Kier molecular flexibility index (Phi) is 4.25. The zero-order chi connectivity index (χ0) is 13.1. The third-order valence-electron chi connectivity index (χ3n) is 4.10. The van der Waals surface area contributed by atoms with Crippen molar-refractivity contribution in [2.45, 2.75) is 32.4 Å². The Bertz CT molecular complexity index is 377. The summed E-state index contributed by atoms with van der Waals surface area (Å²) < 4.78 is 0. The Morgan fingerprint density at radius 3 is 2.50 bits per heavy atom. The van der Waals surface area contributed by atoms with Gasteiger partial charge in [-0.1, -0.05) is 19.1 Å². The Morgan fingerprint density at radius 1 is 1.28 bits per heavy atom. The minimum atomic E-state index is 0.348. The number of phenolic OH excluding ortho intramolecular Hbond substituents is 1. The van der Waals surface area contributed by atoms with Crippen molar-refractivity contribution in [2.24, 2.45) is 0 Å². The Labute approximate surface area is 110 Å². The molecule has 100 valence electrons. The third-order valence-corrected chi connectivity index (χ3v) is 4.10. The average Bonchev–Trinajstić information content (AvgIpc) is 2.37. The molecule has 1 aromatic rings. The average molecular weight is 248 g/mol. The first-order valence-electron chi connectivity index (χ1n) is 6.85. The van der Waals surface area contributed by atoms with E-state index in [1.165, 1.54) is 5.56 Å². The van der Waals surface area contributed by atoms with Crippen LogP contribution in [0.4, 0.5) is 0 Å². The summed E-state index contributed by atoms with van der Waals surface area (Å²) in [6, 6.07) is 8.76. The van der Waals surface area contributed by atoms with Crippen molar-refractivity contribution in [2.75, 3.05) is 26.7 Å². The quantitative estimate of drug-likeness (QED) is 0.890. The number of rotatable bonds is 3. The van der Waals surface area contributed by atoms with Crippen LogP contribution in [0.25, 0.3) is 0 Å². The van der Waals surface area contributed by atoms with Gasteiger partial charge < -0.3 is 10.0 Å². The lowest BCUT2D eigenvalue weighted by Crippen LogP contribution is -2.50. The maximum atomic E-state index is 9.38. The van der Waals surface area contributed by atoms with E-state index in [1.54, 1.807) is 12.1 Å². The van der Waals surface area contributed by atoms with Crippen LogP contribution < -0.4 is 0 Å². The summed E-state index contributed by atoms with van der Waals surface area (Å²) in [6.45, 7) is 7.90. The lowest BCUT2D eigenvalue weighted by Gasteiger charge is -2.41. The first kappa shape index (κ1) is 13.4. The largest absolute Gasteiger partial charge is 0.508 e. The first-order chi connectivity index (χ1) is 8.61. The highest BCUT2D eigenvalue weighted by molar-refractivity contribution is 5.28. The van der Waals surface area contributed by atoms with Gasteiger partial charge in [0.1, 0.15) is 5.75 Å². The smallest absolute Gasteiger partial charge is 0.115 e. The number of hydrogen-bond donors (Lipinski definition) is 1. The van der Waals surface area contributed by atoms with Crippen molar-refractivity contribution in [3.8, 4) is 5.75 Å². The number of aromatic hydroxyl groups is 1. The molecule has 3 heteroatoms. The van der Waals surface area contributed by atoms with Crippen molar-refractivity contribution in [3.05, 3.63) is 29.8 Å². The van der Waals surface area contributed by atoms with Gasteiger partial charge in [0, 0.05) is 31.7 Å². The van der Waals surface area contributed by atoms with Gasteiger partial charge in [0.05, 0.1) is 0 Å². The summed E-state index contributed by atoms with van der Waals surface area (Å²) in [7, 11) is 2.20. The van der Waals surface area contributed by atoms with Crippen LogP contribution in [0.5, 0.6) is 5.75 Å². The van der Waals surface area contributed by atoms with Crippen LogP contribution >= 0.6 is 0 Å². The summed E-state index contributed by atoms with van der Waals surface area (Å²) >= 11 is 0. The van der Waals surface area contributed by atoms with E-state index in [0.717, 1.165) is 26.1 Å². The van der Waals surface area contributed by atoms with Gasteiger partial charge in [-0.25, -0.2) is 0 Å². The minimum Gasteiger partial charge on any atom is -0.508 e. The van der Waals surface area contributed by atoms with Crippen molar-refractivity contribution in [1.29, 1.82) is 0 Å². The summed E-state index contributed by atoms with van der Waals surface area (Å²) in [6.07, 6.45) is 1.11. The number of piperazine rings is 1. The molecule has 1 aliphatic heterocycles. The summed E-state index contributed by atoms with van der Waals surface area (Å²) in [4.78, 5) is 4.98. The Balaban J connectivity index is 2.11. The standard InChI is InChI=1S/C15H24N2O/c1-4-15(13-5-7-14(18)8-6-13)17-10-9-16(3)12(2)11-17/h5-8,12,15,18H,4,9-11H2,1-3H3. The van der Waals surface area contributed by atoms with Gasteiger partial charge >= 0.3 is 0 Å². The minimum absolute atomic E-state index is 0.348. The molecule has 0 spiro atoms. The molecule has 1 saturated heterocycles. The number of phenols is 1. The van der Waals surface area contributed by atoms with Crippen LogP contribution in [0.15, 0.2) is 24.3 Å². The number of nitrogens with zero attached hydrogens (tertiary/aromatic N) is 2. The second kappa shape index (κ2) is 5.72. The number of hydrogen-bond acceptors (Lipinski definition) is 3. The summed E-state index contributed by atoms with van der Waals surface area (Å²) in [5, 5.41) is 9.38. The predicted molar refractivity (Wildman–Crippen MR) is 74.8 cm³/mol. The monoisotopic (exact) mass is 248 g/mol. The molecule has 1 fully saturated rings. The molecule has 0 radical (unpaired) electrons. The van der Waals surface area contributed by atoms with E-state index >= 15 is 0 Å². The third kappa shape index (κ3) is 2.85. The normalized spacial score (nSPS) is 24.1. The number of likely N-dealkylation sites (N-methyl/N-ethyl adjacent to an activating group) is 1. The Hall–Kier alpha value is -1.06. The molecule has 0 aromatic heterocycles. The van der Waals surface area contributed by atoms with Crippen molar-refractivity contribution in [1.82, 2.24) is 9.80 Å². The van der Waals surface area contributed by atoms with Gasteiger partial charge in [-0.05, 0) is 38.1 Å². The molecule has 18 heavy (non-hydrogen) atoms. The topological polar surface area (TPSA) is 26.7 Å². The van der Waals surface area contributed by atoms with Gasteiger partial charge in [-0.15, -0.1) is 0 Å². The van der Waals surface area contributed by atoms with Crippen LogP contribution in [-0.4, -0.2) is 47.6 Å². The molecular weight excluding hydrogens is 224 g/mol. The van der Waals surface area contributed by atoms with Gasteiger partial charge in [-0.3, -0.25) is 4.90 Å². The van der Waals surface area contributed by atoms with Crippen LogP contribution in [0.3, 0.4) is 0 Å². The molecule has 1 heterocycles. The van der Waals surface area contributed by atoms with Gasteiger partial charge in [0.2, 0.25) is 0 Å². The van der Waals surface area contributed by atoms with E-state index in [-0.39, 0.29) is 0 Å². The fourth-order valence-corrected chi connectivity index (χ4v) is 2.76. The second-order valence-corrected chi connectivity index (χ2v) is 5.34.